The predicted molar refractivity (Wildman–Crippen MR) is 80.4 cm³/mol. The molecule has 0 aliphatic carbocycles. The molecule has 2 rings (SSSR count). The zero-order valence-corrected chi connectivity index (χ0v) is 15.0. The molecule has 0 spiro atoms. The molecule has 4 atom stereocenters. The molecule has 0 fully saturated rings. The van der Waals surface area contributed by atoms with Gasteiger partial charge in [0.15, 0.2) is 0 Å². The lowest BCUT2D eigenvalue weighted by atomic mass is 10.5. The third-order valence-corrected chi connectivity index (χ3v) is 47.6. The molecule has 9 heteroatoms. The van der Waals surface area contributed by atoms with E-state index in [0.717, 1.165) is 0 Å². The Morgan fingerprint density at radius 2 is 1.13 bits per heavy atom. The number of hydrogen-bond donors (Lipinski definition) is 0. The Hall–Kier alpha value is 1.78. The minimum Gasteiger partial charge on any atom is -0.316 e. The van der Waals surface area contributed by atoms with E-state index in [1.165, 1.54) is 0 Å². The van der Waals surface area contributed by atoms with Crippen LogP contribution in [0.15, 0.2) is 0 Å². The molecule has 2 aromatic heterocycles. The van der Waals surface area contributed by atoms with Crippen molar-refractivity contribution in [3.8, 4) is 0 Å². The van der Waals surface area contributed by atoms with Crippen LogP contribution in [0.25, 0.3) is 0 Å². The van der Waals surface area contributed by atoms with Crippen LogP contribution in [-0.4, -0.2) is 12.2 Å². The Morgan fingerprint density at radius 1 is 0.733 bits per heavy atom. The van der Waals surface area contributed by atoms with Crippen LogP contribution in [0.1, 0.15) is 27.7 Å². The molecule has 4 unspecified atom stereocenters. The van der Waals surface area contributed by atoms with Crippen molar-refractivity contribution < 1.29 is 9.05 Å². The van der Waals surface area contributed by atoms with Crippen molar-refractivity contribution in [3.05, 3.63) is 0 Å². The molecule has 0 radical (unpaired) electrons. The van der Waals surface area contributed by atoms with Crippen molar-refractivity contribution in [1.82, 2.24) is 0 Å². The Balaban J connectivity index is 2.21. The summed E-state index contributed by atoms with van der Waals surface area (Å²) in [5.74, 6) is 0. The van der Waals surface area contributed by atoms with Gasteiger partial charge in [0.05, 0.1) is 23.0 Å². The first-order valence-electron chi connectivity index (χ1n) is 4.64. The summed E-state index contributed by atoms with van der Waals surface area (Å²) in [5, 5.41) is 0.0737. The molecule has 15 heavy (non-hydrogen) atoms. The Morgan fingerprint density at radius 3 is 1.40 bits per heavy atom. The van der Waals surface area contributed by atoms with E-state index >= 15 is 0 Å². The smallest absolute Gasteiger partial charge is 0.117 e. The maximum atomic E-state index is 5.98. The summed E-state index contributed by atoms with van der Waals surface area (Å²) >= 11 is 0. The second-order valence-corrected chi connectivity index (χ2v) is 29.4. The van der Waals surface area contributed by atoms with Gasteiger partial charge in [0, 0.05) is 0 Å². The third kappa shape index (κ3) is 3.38. The van der Waals surface area contributed by atoms with E-state index in [4.69, 9.17) is 9.05 Å². The van der Waals surface area contributed by atoms with E-state index in [-0.39, 0.29) is 24.0 Å². The normalized spacial score (nSPS) is 17.2. The van der Waals surface area contributed by atoms with Gasteiger partial charge >= 0.3 is 0 Å². The van der Waals surface area contributed by atoms with Gasteiger partial charge in [-0.3, -0.25) is 0 Å². The monoisotopic (exact) mass is 338 g/mol. The van der Waals surface area contributed by atoms with Crippen molar-refractivity contribution >= 4 is 55.6 Å². The molecule has 0 N–H and O–H groups in total. The summed E-state index contributed by atoms with van der Waals surface area (Å²) in [4.78, 5) is 0. The van der Waals surface area contributed by atoms with Crippen LogP contribution < -0.4 is 9.05 Å². The maximum Gasteiger partial charge on any atom is 0.117 e. The minimum atomic E-state index is -0.178. The molecular weight excluding hydrogens is 324 g/mol. The summed E-state index contributed by atoms with van der Waals surface area (Å²) in [5.41, 5.74) is 0. The van der Waals surface area contributed by atoms with E-state index in [9.17, 15) is 0 Å². The van der Waals surface area contributed by atoms with Gasteiger partial charge in [-0.2, -0.15) is 0 Å². The molecule has 0 aliphatic heterocycles. The fraction of sp³-hybridized carbons (Fsp3) is 1.00. The lowest BCUT2D eigenvalue weighted by Crippen LogP contribution is -2.01. The van der Waals surface area contributed by atoms with Gasteiger partial charge < -0.3 is 9.05 Å². The lowest BCUT2D eigenvalue weighted by molar-refractivity contribution is 0.342. The van der Waals surface area contributed by atoms with E-state index in [1.54, 1.807) is 0 Å². The Kier molecular flexibility index (Phi) is 4.95. The summed E-state index contributed by atoms with van der Waals surface area (Å²) in [6.07, 6.45) is 0.778. The van der Waals surface area contributed by atoms with Crippen LogP contribution in [0.2, 0.25) is 0 Å². The van der Waals surface area contributed by atoms with Crippen molar-refractivity contribution in [3.63, 3.8) is 0 Å². The summed E-state index contributed by atoms with van der Waals surface area (Å²) < 4.78 is 12.0. The van der Waals surface area contributed by atoms with Crippen molar-refractivity contribution in [2.75, 3.05) is 0 Å². The number of hydrogen-bond acceptors (Lipinski definition) is 5. The molecule has 0 saturated heterocycles. The van der Waals surface area contributed by atoms with Crippen molar-refractivity contribution in [2.24, 2.45) is 0 Å². The molecule has 2 nitrogen and oxygen atoms in total. The van der Waals surface area contributed by atoms with Crippen molar-refractivity contribution in [1.29, 1.82) is 0 Å². The summed E-state index contributed by atoms with van der Waals surface area (Å²) in [6, 6.07) is 0. The Bertz CT molecular complexity index is 406. The zero-order valence-electron chi connectivity index (χ0n) is 8.98. The molecule has 2 heterocycles. The van der Waals surface area contributed by atoms with E-state index in [1.807, 2.05) is 0 Å². The van der Waals surface area contributed by atoms with E-state index in [2.05, 4.69) is 59.3 Å². The van der Waals surface area contributed by atoms with Gasteiger partial charge in [-0.05, 0) is 27.7 Å². The Labute approximate surface area is 104 Å². The summed E-state index contributed by atoms with van der Waals surface area (Å²) in [7, 11) is 6.44. The second kappa shape index (κ2) is 5.61. The average molecular weight is 338 g/mol. The van der Waals surface area contributed by atoms with Crippen LogP contribution in [0.3, 0.4) is 0 Å². The molecule has 0 aliphatic rings. The fourth-order valence-electron chi connectivity index (χ4n) is 0.864. The van der Waals surface area contributed by atoms with E-state index in [0.29, 0.717) is 12.2 Å². The zero-order chi connectivity index (χ0) is 11.0. The van der Waals surface area contributed by atoms with Gasteiger partial charge in [-0.15, -0.1) is 0 Å². The van der Waals surface area contributed by atoms with E-state index < -0.39 is 0 Å². The summed E-state index contributed by atoms with van der Waals surface area (Å²) in [6.45, 7) is 8.21. The number of fused-ring (bicyclic) bond motifs is 2. The lowest BCUT2D eigenvalue weighted by Gasteiger charge is -2.07. The van der Waals surface area contributed by atoms with Crippen LogP contribution in [0.4, 0.5) is 0 Å². The maximum absolute atomic E-state index is 5.98. The van der Waals surface area contributed by atoms with Gasteiger partial charge in [0.1, 0.15) is 13.2 Å². The molecule has 2 aromatic rings. The standard InChI is InChI=1S/C6H14O2P4S3/c1-5(2)7-9-11-14-10(8-6(3)4)12(13-9)15-11/h5-6H,1-4H3. The quantitative estimate of drug-likeness (QED) is 0.645. The highest BCUT2D eigenvalue weighted by molar-refractivity contribution is 8.79. The first kappa shape index (κ1) is 13.2. The minimum absolute atomic E-state index is 0.0368. The van der Waals surface area contributed by atoms with Gasteiger partial charge in [-0.1, -0.05) is 31.6 Å². The average Bonchev–Trinajstić information content (AvgIpc) is 2.60. The van der Waals surface area contributed by atoms with Crippen LogP contribution in [0.5, 0.6) is 0 Å². The second-order valence-electron chi connectivity index (χ2n) is 3.50. The predicted octanol–water partition coefficient (Wildman–Crippen LogP) is 6.37. The SMILES string of the molecule is CC(C)Op1sp2sp1sp2OC(C)C. The fourth-order valence-corrected chi connectivity index (χ4v) is 81.7. The first-order valence-corrected chi connectivity index (χ1v) is 17.3. The highest BCUT2D eigenvalue weighted by atomic mass is 33.4. The molecule has 88 valence electrons. The van der Waals surface area contributed by atoms with Crippen LogP contribution in [-0.2, 0) is 0 Å². The van der Waals surface area contributed by atoms with Crippen LogP contribution in [0, 0.1) is 0 Å². The first-order chi connectivity index (χ1) is 7.06. The van der Waals surface area contributed by atoms with Gasteiger partial charge in [-0.25, -0.2) is 0 Å². The molecular formula is C6H14O2P4S3. The molecule has 0 saturated carbocycles. The molecule has 0 aromatic carbocycles. The highest BCUT2D eigenvalue weighted by Crippen LogP contribution is 2.80. The van der Waals surface area contributed by atoms with Crippen molar-refractivity contribution in [2.45, 2.75) is 39.9 Å². The topological polar surface area (TPSA) is 18.5 Å². The number of rotatable bonds is 4. The largest absolute Gasteiger partial charge is 0.316 e. The van der Waals surface area contributed by atoms with Crippen LogP contribution >= 0.6 is 55.6 Å². The molecule has 0 amide bonds. The van der Waals surface area contributed by atoms with Gasteiger partial charge in [0.2, 0.25) is 0 Å². The van der Waals surface area contributed by atoms with Gasteiger partial charge in [0.25, 0.3) is 0 Å². The highest BCUT2D eigenvalue weighted by Gasteiger charge is 2.15. The molecule has 2 bridgehead atoms. The third-order valence-electron chi connectivity index (χ3n) is 1.29.